The number of nitrogen functional groups attached to an aromatic ring is 1. The van der Waals surface area contributed by atoms with Gasteiger partial charge in [-0.2, -0.15) is 0 Å². The van der Waals surface area contributed by atoms with Crippen molar-refractivity contribution in [2.24, 2.45) is 5.92 Å². The van der Waals surface area contributed by atoms with Gasteiger partial charge in [0.15, 0.2) is 0 Å². The first kappa shape index (κ1) is 14.9. The Kier molecular flexibility index (Phi) is 5.45. The molecule has 110 valence electrons. The molecule has 3 heteroatoms. The Morgan fingerprint density at radius 3 is 2.60 bits per heavy atom. The summed E-state index contributed by atoms with van der Waals surface area (Å²) in [5.74, 6) is 0.565. The number of anilines is 1. The van der Waals surface area contributed by atoms with Crippen LogP contribution >= 0.6 is 0 Å². The minimum atomic E-state index is 0.236. The van der Waals surface area contributed by atoms with Crippen LogP contribution in [0.5, 0.6) is 0 Å². The maximum absolute atomic E-state index is 12.7. The fourth-order valence-electron chi connectivity index (χ4n) is 3.03. The van der Waals surface area contributed by atoms with Crippen molar-refractivity contribution in [3.63, 3.8) is 0 Å². The standard InChI is InChI=1S/C17H26N2O/c1-2-12-19(13-15-10-6-7-11-16(15)18)17(20)14-8-4-3-5-9-14/h6-7,10-11,14H,2-5,8-9,12-13,18H2,1H3. The van der Waals surface area contributed by atoms with Gasteiger partial charge in [0, 0.05) is 24.7 Å². The van der Waals surface area contributed by atoms with E-state index in [0.29, 0.717) is 12.5 Å². The first-order valence-electron chi connectivity index (χ1n) is 7.84. The quantitative estimate of drug-likeness (QED) is 0.834. The highest BCUT2D eigenvalue weighted by molar-refractivity contribution is 5.79. The van der Waals surface area contributed by atoms with Crippen LogP contribution in [0.3, 0.4) is 0 Å². The highest BCUT2D eigenvalue weighted by Crippen LogP contribution is 2.26. The summed E-state index contributed by atoms with van der Waals surface area (Å²) in [6, 6.07) is 7.85. The number of para-hydroxylation sites is 1. The highest BCUT2D eigenvalue weighted by atomic mass is 16.2. The van der Waals surface area contributed by atoms with E-state index in [9.17, 15) is 4.79 Å². The number of carbonyl (C=O) groups is 1. The largest absolute Gasteiger partial charge is 0.398 e. The number of nitrogens with two attached hydrogens (primary N) is 1. The Morgan fingerprint density at radius 1 is 1.25 bits per heavy atom. The zero-order valence-electron chi connectivity index (χ0n) is 12.5. The second kappa shape index (κ2) is 7.32. The SMILES string of the molecule is CCCN(Cc1ccccc1N)C(=O)C1CCCCC1. The fraction of sp³-hybridized carbons (Fsp3) is 0.588. The Balaban J connectivity index is 2.06. The van der Waals surface area contributed by atoms with E-state index in [4.69, 9.17) is 5.73 Å². The lowest BCUT2D eigenvalue weighted by atomic mass is 9.88. The molecule has 0 aromatic heterocycles. The molecule has 0 unspecified atom stereocenters. The van der Waals surface area contributed by atoms with Gasteiger partial charge in [-0.3, -0.25) is 4.79 Å². The third kappa shape index (κ3) is 3.75. The van der Waals surface area contributed by atoms with Gasteiger partial charge in [0.2, 0.25) is 5.91 Å². The molecular formula is C17H26N2O. The van der Waals surface area contributed by atoms with Gasteiger partial charge >= 0.3 is 0 Å². The lowest BCUT2D eigenvalue weighted by molar-refractivity contribution is -0.137. The van der Waals surface area contributed by atoms with E-state index >= 15 is 0 Å². The molecule has 2 rings (SSSR count). The lowest BCUT2D eigenvalue weighted by Crippen LogP contribution is -2.37. The van der Waals surface area contributed by atoms with E-state index in [1.807, 2.05) is 29.2 Å². The summed E-state index contributed by atoms with van der Waals surface area (Å²) in [7, 11) is 0. The van der Waals surface area contributed by atoms with Gasteiger partial charge in [-0.25, -0.2) is 0 Å². The van der Waals surface area contributed by atoms with Crippen molar-refractivity contribution in [3.8, 4) is 0 Å². The molecule has 1 aliphatic rings. The molecule has 0 spiro atoms. The smallest absolute Gasteiger partial charge is 0.225 e. The molecule has 0 heterocycles. The van der Waals surface area contributed by atoms with Crippen LogP contribution in [0.2, 0.25) is 0 Å². The van der Waals surface area contributed by atoms with Gasteiger partial charge in [-0.15, -0.1) is 0 Å². The summed E-state index contributed by atoms with van der Waals surface area (Å²) in [5.41, 5.74) is 7.85. The second-order valence-electron chi connectivity index (χ2n) is 5.79. The molecule has 0 saturated heterocycles. The summed E-state index contributed by atoms with van der Waals surface area (Å²) < 4.78 is 0. The first-order chi connectivity index (χ1) is 9.72. The molecule has 1 amide bonds. The van der Waals surface area contributed by atoms with Crippen molar-refractivity contribution >= 4 is 11.6 Å². The molecule has 3 nitrogen and oxygen atoms in total. The summed E-state index contributed by atoms with van der Waals surface area (Å²) in [4.78, 5) is 14.7. The molecule has 1 saturated carbocycles. The predicted octanol–water partition coefficient (Wildman–Crippen LogP) is 3.59. The second-order valence-corrected chi connectivity index (χ2v) is 5.79. The summed E-state index contributed by atoms with van der Waals surface area (Å²) in [6.45, 7) is 3.59. The highest BCUT2D eigenvalue weighted by Gasteiger charge is 2.25. The summed E-state index contributed by atoms with van der Waals surface area (Å²) >= 11 is 0. The Labute approximate surface area is 122 Å². The molecule has 0 bridgehead atoms. The van der Waals surface area contributed by atoms with E-state index in [1.165, 1.54) is 19.3 Å². The maximum Gasteiger partial charge on any atom is 0.225 e. The van der Waals surface area contributed by atoms with Crippen molar-refractivity contribution in [2.75, 3.05) is 12.3 Å². The van der Waals surface area contributed by atoms with Crippen LogP contribution in [0, 0.1) is 5.92 Å². The summed E-state index contributed by atoms with van der Waals surface area (Å²) in [5, 5.41) is 0. The van der Waals surface area contributed by atoms with Crippen molar-refractivity contribution in [1.29, 1.82) is 0 Å². The maximum atomic E-state index is 12.7. The van der Waals surface area contributed by atoms with Crippen LogP contribution in [0.1, 0.15) is 51.0 Å². The Morgan fingerprint density at radius 2 is 1.95 bits per heavy atom. The third-order valence-electron chi connectivity index (χ3n) is 4.18. The number of benzene rings is 1. The van der Waals surface area contributed by atoms with E-state index in [1.54, 1.807) is 0 Å². The summed E-state index contributed by atoms with van der Waals surface area (Å²) in [6.07, 6.45) is 6.79. The van der Waals surface area contributed by atoms with Gasteiger partial charge in [-0.05, 0) is 30.9 Å². The molecule has 1 aliphatic carbocycles. The minimum Gasteiger partial charge on any atom is -0.398 e. The average molecular weight is 274 g/mol. The number of hydrogen-bond acceptors (Lipinski definition) is 2. The molecule has 0 atom stereocenters. The Bertz CT molecular complexity index is 438. The van der Waals surface area contributed by atoms with Crippen molar-refractivity contribution in [1.82, 2.24) is 4.90 Å². The average Bonchev–Trinajstić information content (AvgIpc) is 2.49. The zero-order chi connectivity index (χ0) is 14.4. The van der Waals surface area contributed by atoms with E-state index in [-0.39, 0.29) is 5.92 Å². The fourth-order valence-corrected chi connectivity index (χ4v) is 3.03. The molecular weight excluding hydrogens is 248 g/mol. The first-order valence-corrected chi connectivity index (χ1v) is 7.84. The van der Waals surface area contributed by atoms with Crippen LogP contribution in [0.4, 0.5) is 5.69 Å². The van der Waals surface area contributed by atoms with Gasteiger partial charge in [-0.1, -0.05) is 44.4 Å². The number of hydrogen-bond donors (Lipinski definition) is 1. The molecule has 1 aromatic carbocycles. The minimum absolute atomic E-state index is 0.236. The van der Waals surface area contributed by atoms with Crippen LogP contribution in [-0.2, 0) is 11.3 Å². The third-order valence-corrected chi connectivity index (χ3v) is 4.18. The van der Waals surface area contributed by atoms with Crippen molar-refractivity contribution in [2.45, 2.75) is 52.0 Å². The monoisotopic (exact) mass is 274 g/mol. The van der Waals surface area contributed by atoms with Crippen LogP contribution in [-0.4, -0.2) is 17.4 Å². The molecule has 1 aromatic rings. The van der Waals surface area contributed by atoms with Gasteiger partial charge in [0.05, 0.1) is 0 Å². The molecule has 20 heavy (non-hydrogen) atoms. The van der Waals surface area contributed by atoms with Gasteiger partial charge < -0.3 is 10.6 Å². The normalized spacial score (nSPS) is 16.1. The molecule has 2 N–H and O–H groups in total. The van der Waals surface area contributed by atoms with E-state index in [2.05, 4.69) is 6.92 Å². The van der Waals surface area contributed by atoms with Crippen LogP contribution in [0.25, 0.3) is 0 Å². The molecule has 0 radical (unpaired) electrons. The predicted molar refractivity (Wildman–Crippen MR) is 83.1 cm³/mol. The van der Waals surface area contributed by atoms with E-state index in [0.717, 1.165) is 37.1 Å². The number of amides is 1. The number of rotatable bonds is 5. The number of nitrogens with zero attached hydrogens (tertiary/aromatic N) is 1. The number of carbonyl (C=O) groups excluding carboxylic acids is 1. The van der Waals surface area contributed by atoms with E-state index < -0.39 is 0 Å². The van der Waals surface area contributed by atoms with Gasteiger partial charge in [0.25, 0.3) is 0 Å². The Hall–Kier alpha value is -1.51. The lowest BCUT2D eigenvalue weighted by Gasteiger charge is -2.29. The van der Waals surface area contributed by atoms with Gasteiger partial charge in [0.1, 0.15) is 0 Å². The molecule has 1 fully saturated rings. The van der Waals surface area contributed by atoms with Crippen molar-refractivity contribution < 1.29 is 4.79 Å². The van der Waals surface area contributed by atoms with Crippen LogP contribution < -0.4 is 5.73 Å². The molecule has 0 aliphatic heterocycles. The van der Waals surface area contributed by atoms with Crippen LogP contribution in [0.15, 0.2) is 24.3 Å². The zero-order valence-corrected chi connectivity index (χ0v) is 12.5. The van der Waals surface area contributed by atoms with Crippen molar-refractivity contribution in [3.05, 3.63) is 29.8 Å². The topological polar surface area (TPSA) is 46.3 Å².